The van der Waals surface area contributed by atoms with Gasteiger partial charge in [-0.1, -0.05) is 6.07 Å². The van der Waals surface area contributed by atoms with E-state index in [2.05, 4.69) is 10.6 Å². The second-order valence-corrected chi connectivity index (χ2v) is 5.57. The molecule has 4 N–H and O–H groups in total. The van der Waals surface area contributed by atoms with E-state index in [4.69, 9.17) is 5.73 Å². The van der Waals surface area contributed by atoms with E-state index in [0.29, 0.717) is 12.8 Å². The van der Waals surface area contributed by atoms with Crippen molar-refractivity contribution < 1.29 is 9.59 Å². The average molecular weight is 273 g/mol. The van der Waals surface area contributed by atoms with Gasteiger partial charge in [0.1, 0.15) is 6.04 Å². The summed E-state index contributed by atoms with van der Waals surface area (Å²) in [5, 5.41) is 5.77. The van der Waals surface area contributed by atoms with Crippen molar-refractivity contribution >= 4 is 17.5 Å². The Kier molecular flexibility index (Phi) is 3.34. The fourth-order valence-corrected chi connectivity index (χ4v) is 3.07. The van der Waals surface area contributed by atoms with Crippen LogP contribution in [0.25, 0.3) is 0 Å². The smallest absolute Gasteiger partial charge is 0.243 e. The number of nitrogen functional groups attached to an aromatic ring is 1. The number of aryl methyl sites for hydroxylation is 1. The lowest BCUT2D eigenvalue weighted by molar-refractivity contribution is -0.126. The normalized spacial score (nSPS) is 24.9. The van der Waals surface area contributed by atoms with Crippen molar-refractivity contribution in [2.24, 2.45) is 0 Å². The number of carbonyl (C=O) groups excluding carboxylic acids is 2. The van der Waals surface area contributed by atoms with Crippen LogP contribution in [0, 0.1) is 0 Å². The van der Waals surface area contributed by atoms with E-state index in [9.17, 15) is 9.59 Å². The van der Waals surface area contributed by atoms with Gasteiger partial charge in [0.05, 0.1) is 6.04 Å². The highest BCUT2D eigenvalue weighted by Crippen LogP contribution is 2.31. The minimum Gasteiger partial charge on any atom is -0.399 e. The summed E-state index contributed by atoms with van der Waals surface area (Å²) in [6, 6.07) is 5.53. The van der Waals surface area contributed by atoms with E-state index >= 15 is 0 Å². The van der Waals surface area contributed by atoms with Crippen LogP contribution in [0.15, 0.2) is 18.2 Å². The molecule has 0 spiro atoms. The van der Waals surface area contributed by atoms with E-state index in [1.54, 1.807) is 0 Å². The Labute approximate surface area is 117 Å². The maximum Gasteiger partial charge on any atom is 0.243 e. The number of fused-ring (bicyclic) bond motifs is 1. The Morgan fingerprint density at radius 1 is 1.30 bits per heavy atom. The van der Waals surface area contributed by atoms with Gasteiger partial charge in [0.25, 0.3) is 0 Å². The first-order valence-corrected chi connectivity index (χ1v) is 7.11. The molecule has 0 aromatic heterocycles. The number of amides is 2. The van der Waals surface area contributed by atoms with Crippen LogP contribution in [0.4, 0.5) is 5.69 Å². The number of hydrogen-bond donors (Lipinski definition) is 3. The van der Waals surface area contributed by atoms with Crippen LogP contribution in [-0.2, 0) is 16.0 Å². The van der Waals surface area contributed by atoms with Crippen LogP contribution in [0.5, 0.6) is 0 Å². The zero-order valence-electron chi connectivity index (χ0n) is 11.3. The van der Waals surface area contributed by atoms with Crippen molar-refractivity contribution in [1.82, 2.24) is 10.6 Å². The Bertz CT molecular complexity index is 556. The first-order valence-electron chi connectivity index (χ1n) is 7.11. The molecule has 2 unspecified atom stereocenters. The van der Waals surface area contributed by atoms with Gasteiger partial charge in [0.15, 0.2) is 0 Å². The number of anilines is 1. The molecule has 1 aliphatic carbocycles. The van der Waals surface area contributed by atoms with Crippen molar-refractivity contribution in [3.63, 3.8) is 0 Å². The molecule has 2 atom stereocenters. The maximum absolute atomic E-state index is 12.2. The van der Waals surface area contributed by atoms with Crippen molar-refractivity contribution in [1.29, 1.82) is 0 Å². The van der Waals surface area contributed by atoms with Crippen molar-refractivity contribution in [3.8, 4) is 0 Å². The standard InChI is InChI=1S/C15H19N3O2/c16-10-4-5-11-9(8-10)2-1-3-12(11)18-15(20)13-6-7-14(19)17-13/h4-5,8,12-13H,1-3,6-7,16H2,(H,17,19)(H,18,20). The first-order chi connectivity index (χ1) is 9.63. The molecule has 2 aliphatic rings. The lowest BCUT2D eigenvalue weighted by atomic mass is 9.87. The summed E-state index contributed by atoms with van der Waals surface area (Å²) in [6.45, 7) is 0. The van der Waals surface area contributed by atoms with Crippen LogP contribution in [-0.4, -0.2) is 17.9 Å². The molecule has 5 heteroatoms. The van der Waals surface area contributed by atoms with Crippen LogP contribution in [0.3, 0.4) is 0 Å². The van der Waals surface area contributed by atoms with Crippen LogP contribution >= 0.6 is 0 Å². The van der Waals surface area contributed by atoms with Gasteiger partial charge in [-0.2, -0.15) is 0 Å². The van der Waals surface area contributed by atoms with Gasteiger partial charge in [-0.15, -0.1) is 0 Å². The van der Waals surface area contributed by atoms with E-state index in [0.717, 1.165) is 30.5 Å². The second-order valence-electron chi connectivity index (χ2n) is 5.57. The highest BCUT2D eigenvalue weighted by atomic mass is 16.2. The van der Waals surface area contributed by atoms with E-state index < -0.39 is 0 Å². The molecule has 0 radical (unpaired) electrons. The first kappa shape index (κ1) is 13.0. The fraction of sp³-hybridized carbons (Fsp3) is 0.467. The number of carbonyl (C=O) groups is 2. The fourth-order valence-electron chi connectivity index (χ4n) is 3.07. The third kappa shape index (κ3) is 2.48. The van der Waals surface area contributed by atoms with Gasteiger partial charge >= 0.3 is 0 Å². The third-order valence-electron chi connectivity index (χ3n) is 4.11. The number of rotatable bonds is 2. The molecular formula is C15H19N3O2. The maximum atomic E-state index is 12.2. The molecule has 1 aromatic carbocycles. The molecule has 2 amide bonds. The number of benzene rings is 1. The highest BCUT2D eigenvalue weighted by Gasteiger charge is 2.30. The van der Waals surface area contributed by atoms with E-state index in [1.807, 2.05) is 18.2 Å². The molecule has 1 aliphatic heterocycles. The molecule has 0 saturated carbocycles. The molecule has 3 rings (SSSR count). The van der Waals surface area contributed by atoms with Crippen LogP contribution in [0.2, 0.25) is 0 Å². The van der Waals surface area contributed by atoms with Crippen molar-refractivity contribution in [2.75, 3.05) is 5.73 Å². The predicted octanol–water partition coefficient (Wildman–Crippen LogP) is 1.04. The molecule has 1 fully saturated rings. The van der Waals surface area contributed by atoms with Gasteiger partial charge in [-0.05, 0) is 48.9 Å². The zero-order chi connectivity index (χ0) is 14.1. The lowest BCUT2D eigenvalue weighted by Crippen LogP contribution is -2.43. The third-order valence-corrected chi connectivity index (χ3v) is 4.11. The highest BCUT2D eigenvalue weighted by molar-refractivity contribution is 5.91. The number of nitrogens with two attached hydrogens (primary N) is 1. The van der Waals surface area contributed by atoms with Gasteiger partial charge in [-0.3, -0.25) is 9.59 Å². The predicted molar refractivity (Wildman–Crippen MR) is 75.8 cm³/mol. The van der Waals surface area contributed by atoms with Gasteiger partial charge in [0.2, 0.25) is 11.8 Å². The lowest BCUT2D eigenvalue weighted by Gasteiger charge is -2.27. The largest absolute Gasteiger partial charge is 0.399 e. The molecule has 20 heavy (non-hydrogen) atoms. The van der Waals surface area contributed by atoms with E-state index in [1.165, 1.54) is 5.56 Å². The molecule has 106 valence electrons. The summed E-state index contributed by atoms with van der Waals surface area (Å²) in [5.41, 5.74) is 8.95. The number of nitrogens with one attached hydrogen (secondary N) is 2. The van der Waals surface area contributed by atoms with Crippen molar-refractivity contribution in [2.45, 2.75) is 44.2 Å². The zero-order valence-corrected chi connectivity index (χ0v) is 11.3. The van der Waals surface area contributed by atoms with Crippen LogP contribution in [0.1, 0.15) is 42.9 Å². The van der Waals surface area contributed by atoms with Crippen LogP contribution < -0.4 is 16.4 Å². The topological polar surface area (TPSA) is 84.2 Å². The average Bonchev–Trinajstić information content (AvgIpc) is 2.85. The Morgan fingerprint density at radius 3 is 2.90 bits per heavy atom. The summed E-state index contributed by atoms with van der Waals surface area (Å²) >= 11 is 0. The van der Waals surface area contributed by atoms with Gasteiger partial charge < -0.3 is 16.4 Å². The molecule has 1 heterocycles. The number of hydrogen-bond acceptors (Lipinski definition) is 3. The monoisotopic (exact) mass is 273 g/mol. The summed E-state index contributed by atoms with van der Waals surface area (Å²) in [7, 11) is 0. The Hall–Kier alpha value is -2.04. The van der Waals surface area contributed by atoms with Crippen molar-refractivity contribution in [3.05, 3.63) is 29.3 Å². The molecule has 1 saturated heterocycles. The summed E-state index contributed by atoms with van der Waals surface area (Å²) in [6.07, 6.45) is 4.01. The summed E-state index contributed by atoms with van der Waals surface area (Å²) in [5.74, 6) is -0.118. The van der Waals surface area contributed by atoms with Gasteiger partial charge in [-0.25, -0.2) is 0 Å². The summed E-state index contributed by atoms with van der Waals surface area (Å²) < 4.78 is 0. The second kappa shape index (κ2) is 5.15. The minimum atomic E-state index is -0.373. The van der Waals surface area contributed by atoms with E-state index in [-0.39, 0.29) is 23.9 Å². The summed E-state index contributed by atoms with van der Waals surface area (Å²) in [4.78, 5) is 23.4. The molecule has 1 aromatic rings. The molecular weight excluding hydrogens is 254 g/mol. The molecule has 0 bridgehead atoms. The van der Waals surface area contributed by atoms with Gasteiger partial charge in [0, 0.05) is 12.1 Å². The Morgan fingerprint density at radius 2 is 2.15 bits per heavy atom. The quantitative estimate of drug-likeness (QED) is 0.704. The minimum absolute atomic E-state index is 0.0318. The SMILES string of the molecule is Nc1ccc2c(c1)CCCC2NC(=O)C1CCC(=O)N1. The Balaban J connectivity index is 1.73. The molecule has 5 nitrogen and oxygen atoms in total.